The second kappa shape index (κ2) is 4.44. The highest BCUT2D eigenvalue weighted by molar-refractivity contribution is 6.21. The highest BCUT2D eigenvalue weighted by Crippen LogP contribution is 2.38. The molecule has 0 aromatic heterocycles. The van der Waals surface area contributed by atoms with E-state index in [0.717, 1.165) is 5.56 Å². The summed E-state index contributed by atoms with van der Waals surface area (Å²) in [4.78, 5) is 0. The zero-order valence-corrected chi connectivity index (χ0v) is 9.23. The largest absolute Gasteiger partial charge is 0.408 e. The first kappa shape index (κ1) is 12.4. The molecule has 0 fully saturated rings. The van der Waals surface area contributed by atoms with Crippen molar-refractivity contribution >= 4 is 11.6 Å². The number of alkyl halides is 4. The molecule has 0 saturated heterocycles. The van der Waals surface area contributed by atoms with Crippen LogP contribution in [-0.4, -0.2) is 6.18 Å². The van der Waals surface area contributed by atoms with Crippen LogP contribution < -0.4 is 0 Å². The topological polar surface area (TPSA) is 0 Å². The number of hydrogen-bond donors (Lipinski definition) is 0. The number of hydrogen-bond acceptors (Lipinski definition) is 0. The van der Waals surface area contributed by atoms with Crippen LogP contribution in [0.1, 0.15) is 36.3 Å². The molecule has 1 aromatic rings. The second-order valence-electron chi connectivity index (χ2n) is 3.73. The Morgan fingerprint density at radius 1 is 1.00 bits per heavy atom. The van der Waals surface area contributed by atoms with E-state index in [-0.39, 0.29) is 5.56 Å². The summed E-state index contributed by atoms with van der Waals surface area (Å²) in [5.74, 6) is 0.304. The third kappa shape index (κ3) is 3.13. The first-order valence-electron chi connectivity index (χ1n) is 4.63. The monoisotopic (exact) mass is 236 g/mol. The smallest absolute Gasteiger partial charge is 0.169 e. The summed E-state index contributed by atoms with van der Waals surface area (Å²) >= 11 is 5.29. The predicted molar refractivity (Wildman–Crippen MR) is 55.2 cm³/mol. The van der Waals surface area contributed by atoms with Crippen molar-refractivity contribution in [2.75, 3.05) is 0 Å². The summed E-state index contributed by atoms with van der Waals surface area (Å²) < 4.78 is 36.8. The lowest BCUT2D eigenvalue weighted by molar-refractivity contribution is -0.131. The van der Waals surface area contributed by atoms with E-state index in [0.29, 0.717) is 5.92 Å². The summed E-state index contributed by atoms with van der Waals surface area (Å²) in [7, 11) is 0. The fourth-order valence-electron chi connectivity index (χ4n) is 1.24. The molecule has 0 aliphatic carbocycles. The normalized spacial score (nSPS) is 14.3. The Hall–Kier alpha value is -0.700. The molecule has 0 bridgehead atoms. The van der Waals surface area contributed by atoms with Gasteiger partial charge in [0.05, 0.1) is 0 Å². The fraction of sp³-hybridized carbons (Fsp3) is 0.455. The molecule has 0 saturated carbocycles. The molecule has 0 aliphatic rings. The van der Waals surface area contributed by atoms with Gasteiger partial charge in [0.2, 0.25) is 0 Å². The van der Waals surface area contributed by atoms with Crippen molar-refractivity contribution in [3.63, 3.8) is 0 Å². The zero-order chi connectivity index (χ0) is 11.6. The highest BCUT2D eigenvalue weighted by atomic mass is 35.5. The van der Waals surface area contributed by atoms with Gasteiger partial charge >= 0.3 is 6.18 Å². The summed E-state index contributed by atoms with van der Waals surface area (Å²) in [6.07, 6.45) is -4.39. The van der Waals surface area contributed by atoms with Crippen molar-refractivity contribution in [1.29, 1.82) is 0 Å². The van der Waals surface area contributed by atoms with Gasteiger partial charge in [0.1, 0.15) is 0 Å². The van der Waals surface area contributed by atoms with Crippen LogP contribution in [0.3, 0.4) is 0 Å². The minimum Gasteiger partial charge on any atom is -0.169 e. The molecule has 1 unspecified atom stereocenters. The van der Waals surface area contributed by atoms with Gasteiger partial charge in [0.15, 0.2) is 5.38 Å². The van der Waals surface area contributed by atoms with Crippen molar-refractivity contribution in [1.82, 2.24) is 0 Å². The average molecular weight is 237 g/mol. The van der Waals surface area contributed by atoms with Crippen molar-refractivity contribution in [2.45, 2.75) is 31.3 Å². The van der Waals surface area contributed by atoms with E-state index in [1.807, 2.05) is 13.8 Å². The molecule has 0 heterocycles. The Morgan fingerprint density at radius 2 is 1.40 bits per heavy atom. The van der Waals surface area contributed by atoms with Gasteiger partial charge in [-0.15, -0.1) is 11.6 Å². The van der Waals surface area contributed by atoms with Gasteiger partial charge in [-0.2, -0.15) is 13.2 Å². The molecule has 1 atom stereocenters. The van der Waals surface area contributed by atoms with Gasteiger partial charge in [-0.05, 0) is 17.0 Å². The Morgan fingerprint density at radius 3 is 1.73 bits per heavy atom. The summed E-state index contributed by atoms with van der Waals surface area (Å²) in [6, 6.07) is 6.23. The molecule has 15 heavy (non-hydrogen) atoms. The van der Waals surface area contributed by atoms with Gasteiger partial charge in [0, 0.05) is 0 Å². The van der Waals surface area contributed by atoms with E-state index in [1.54, 1.807) is 12.1 Å². The lowest BCUT2D eigenvalue weighted by atomic mass is 10.0. The molecule has 0 aliphatic heterocycles. The predicted octanol–water partition coefficient (Wildman–Crippen LogP) is 4.65. The van der Waals surface area contributed by atoms with Crippen molar-refractivity contribution in [3.05, 3.63) is 35.4 Å². The molecule has 0 nitrogen and oxygen atoms in total. The first-order valence-corrected chi connectivity index (χ1v) is 5.06. The SMILES string of the molecule is CC(C)c1ccc(C(Cl)C(F)(F)F)cc1. The third-order valence-corrected chi connectivity index (χ3v) is 2.68. The van der Waals surface area contributed by atoms with E-state index >= 15 is 0 Å². The van der Waals surface area contributed by atoms with Crippen LogP contribution in [0.25, 0.3) is 0 Å². The average Bonchev–Trinajstić information content (AvgIpc) is 2.15. The summed E-state index contributed by atoms with van der Waals surface area (Å²) in [5.41, 5.74) is 1.10. The summed E-state index contributed by atoms with van der Waals surface area (Å²) in [5, 5.41) is -1.92. The molecule has 0 spiro atoms. The van der Waals surface area contributed by atoms with Gasteiger partial charge in [-0.1, -0.05) is 38.1 Å². The van der Waals surface area contributed by atoms with E-state index in [1.165, 1.54) is 12.1 Å². The quantitative estimate of drug-likeness (QED) is 0.656. The van der Waals surface area contributed by atoms with Crippen molar-refractivity contribution in [3.8, 4) is 0 Å². The van der Waals surface area contributed by atoms with E-state index in [4.69, 9.17) is 11.6 Å². The van der Waals surface area contributed by atoms with Gasteiger partial charge in [0.25, 0.3) is 0 Å². The lowest BCUT2D eigenvalue weighted by Crippen LogP contribution is -2.15. The first-order chi connectivity index (χ1) is 6.82. The molecule has 4 heteroatoms. The maximum Gasteiger partial charge on any atom is 0.408 e. The van der Waals surface area contributed by atoms with Crippen molar-refractivity contribution in [2.24, 2.45) is 0 Å². The minimum atomic E-state index is -4.39. The maximum absolute atomic E-state index is 12.3. The molecule has 0 amide bonds. The van der Waals surface area contributed by atoms with E-state index in [9.17, 15) is 13.2 Å². The van der Waals surface area contributed by atoms with Crippen LogP contribution in [0.5, 0.6) is 0 Å². The molecule has 84 valence electrons. The molecule has 0 N–H and O–H groups in total. The van der Waals surface area contributed by atoms with Crippen LogP contribution in [0.15, 0.2) is 24.3 Å². The Kier molecular flexibility index (Phi) is 3.66. The van der Waals surface area contributed by atoms with Crippen LogP contribution in [-0.2, 0) is 0 Å². The lowest BCUT2D eigenvalue weighted by Gasteiger charge is -2.14. The minimum absolute atomic E-state index is 0.0913. The van der Waals surface area contributed by atoms with Crippen LogP contribution >= 0.6 is 11.6 Å². The van der Waals surface area contributed by atoms with Crippen LogP contribution in [0.4, 0.5) is 13.2 Å². The van der Waals surface area contributed by atoms with E-state index in [2.05, 4.69) is 0 Å². The van der Waals surface area contributed by atoms with Gasteiger partial charge in [-0.3, -0.25) is 0 Å². The summed E-state index contributed by atoms with van der Waals surface area (Å²) in [6.45, 7) is 3.97. The molecule has 1 rings (SSSR count). The molecular weight excluding hydrogens is 225 g/mol. The third-order valence-electron chi connectivity index (χ3n) is 2.18. The molecule has 1 aromatic carbocycles. The Bertz CT molecular complexity index is 314. The standard InChI is InChI=1S/C11H12ClF3/c1-7(2)8-3-5-9(6-4-8)10(12)11(13,14)15/h3-7,10H,1-2H3. The highest BCUT2D eigenvalue weighted by Gasteiger charge is 2.39. The number of benzene rings is 1. The second-order valence-corrected chi connectivity index (χ2v) is 4.16. The van der Waals surface area contributed by atoms with Crippen LogP contribution in [0, 0.1) is 0 Å². The molecule has 0 radical (unpaired) electrons. The Balaban J connectivity index is 2.89. The van der Waals surface area contributed by atoms with E-state index < -0.39 is 11.6 Å². The van der Waals surface area contributed by atoms with Gasteiger partial charge < -0.3 is 0 Å². The molecular formula is C11H12ClF3. The van der Waals surface area contributed by atoms with Gasteiger partial charge in [-0.25, -0.2) is 0 Å². The number of rotatable bonds is 2. The zero-order valence-electron chi connectivity index (χ0n) is 8.48. The fourth-order valence-corrected chi connectivity index (χ4v) is 1.38. The number of halogens is 4. The van der Waals surface area contributed by atoms with Crippen molar-refractivity contribution < 1.29 is 13.2 Å². The maximum atomic E-state index is 12.3. The Labute approximate surface area is 92.1 Å². The van der Waals surface area contributed by atoms with Crippen LogP contribution in [0.2, 0.25) is 0 Å².